The predicted molar refractivity (Wildman–Crippen MR) is 107 cm³/mol. The smallest absolute Gasteiger partial charge is 0.240 e. The van der Waals surface area contributed by atoms with E-state index in [1.165, 1.54) is 5.56 Å². The summed E-state index contributed by atoms with van der Waals surface area (Å²) in [6.45, 7) is 2.87. The van der Waals surface area contributed by atoms with E-state index in [1.54, 1.807) is 12.1 Å². The van der Waals surface area contributed by atoms with E-state index in [2.05, 4.69) is 10.0 Å². The molecule has 0 aromatic heterocycles. The molecule has 0 saturated heterocycles. The number of aryl methyl sites for hydroxylation is 1. The second kappa shape index (κ2) is 8.17. The molecule has 3 rings (SSSR count). The van der Waals surface area contributed by atoms with E-state index in [0.29, 0.717) is 13.1 Å². The quantitative estimate of drug-likeness (QED) is 0.620. The van der Waals surface area contributed by atoms with E-state index in [9.17, 15) is 8.42 Å². The Morgan fingerprint density at radius 1 is 0.731 bits per heavy atom. The SMILES string of the molecule is Cc1ccc(-c2ccc(S(=O)(=O)NCCNc3ccccc3)cc2)cc1. The first kappa shape index (κ1) is 18.2. The molecule has 4 nitrogen and oxygen atoms in total. The Kier molecular flexibility index (Phi) is 5.71. The molecule has 134 valence electrons. The molecule has 0 fully saturated rings. The average molecular weight is 366 g/mol. The van der Waals surface area contributed by atoms with Crippen LogP contribution in [0, 0.1) is 6.92 Å². The molecule has 0 amide bonds. The van der Waals surface area contributed by atoms with Gasteiger partial charge in [0, 0.05) is 18.8 Å². The van der Waals surface area contributed by atoms with Gasteiger partial charge in [-0.15, -0.1) is 0 Å². The second-order valence-electron chi connectivity index (χ2n) is 6.08. The van der Waals surface area contributed by atoms with Crippen molar-refractivity contribution in [1.82, 2.24) is 4.72 Å². The topological polar surface area (TPSA) is 58.2 Å². The predicted octanol–water partition coefficient (Wildman–Crippen LogP) is 4.05. The van der Waals surface area contributed by atoms with E-state index >= 15 is 0 Å². The number of anilines is 1. The zero-order valence-electron chi connectivity index (χ0n) is 14.6. The van der Waals surface area contributed by atoms with Crippen LogP contribution in [0.25, 0.3) is 11.1 Å². The van der Waals surface area contributed by atoms with Crippen LogP contribution in [0.1, 0.15) is 5.56 Å². The molecule has 0 spiro atoms. The average Bonchev–Trinajstić information content (AvgIpc) is 2.67. The van der Waals surface area contributed by atoms with Gasteiger partial charge in [0.1, 0.15) is 0 Å². The van der Waals surface area contributed by atoms with Crippen molar-refractivity contribution in [3.05, 3.63) is 84.4 Å². The zero-order chi connectivity index (χ0) is 18.4. The van der Waals surface area contributed by atoms with E-state index in [1.807, 2.05) is 73.7 Å². The molecule has 0 bridgehead atoms. The third-order valence-corrected chi connectivity index (χ3v) is 5.55. The summed E-state index contributed by atoms with van der Waals surface area (Å²) < 4.78 is 27.4. The van der Waals surface area contributed by atoms with Crippen LogP contribution in [0.4, 0.5) is 5.69 Å². The Labute approximate surface area is 155 Å². The summed E-state index contributed by atoms with van der Waals surface area (Å²) in [4.78, 5) is 0.271. The summed E-state index contributed by atoms with van der Waals surface area (Å²) in [7, 11) is -3.51. The number of nitrogens with one attached hydrogen (secondary N) is 2. The molecule has 0 atom stereocenters. The molecule has 0 heterocycles. The minimum Gasteiger partial charge on any atom is -0.384 e. The van der Waals surface area contributed by atoms with Crippen molar-refractivity contribution in [3.8, 4) is 11.1 Å². The van der Waals surface area contributed by atoms with Gasteiger partial charge in [-0.05, 0) is 42.3 Å². The maximum Gasteiger partial charge on any atom is 0.240 e. The van der Waals surface area contributed by atoms with Crippen LogP contribution >= 0.6 is 0 Å². The maximum atomic E-state index is 12.4. The third kappa shape index (κ3) is 4.71. The van der Waals surface area contributed by atoms with Gasteiger partial charge in [-0.1, -0.05) is 60.2 Å². The van der Waals surface area contributed by atoms with Crippen molar-refractivity contribution >= 4 is 15.7 Å². The van der Waals surface area contributed by atoms with Crippen molar-refractivity contribution in [3.63, 3.8) is 0 Å². The van der Waals surface area contributed by atoms with Crippen LogP contribution in [-0.4, -0.2) is 21.5 Å². The van der Waals surface area contributed by atoms with Crippen LogP contribution in [-0.2, 0) is 10.0 Å². The number of benzene rings is 3. The molecule has 3 aromatic carbocycles. The van der Waals surface area contributed by atoms with E-state index in [0.717, 1.165) is 16.8 Å². The lowest BCUT2D eigenvalue weighted by Gasteiger charge is -2.09. The maximum absolute atomic E-state index is 12.4. The highest BCUT2D eigenvalue weighted by Crippen LogP contribution is 2.21. The van der Waals surface area contributed by atoms with Crippen LogP contribution in [0.3, 0.4) is 0 Å². The van der Waals surface area contributed by atoms with Gasteiger partial charge in [-0.25, -0.2) is 13.1 Å². The Bertz CT molecular complexity index is 936. The van der Waals surface area contributed by atoms with Crippen LogP contribution < -0.4 is 10.0 Å². The van der Waals surface area contributed by atoms with Crippen molar-refractivity contribution < 1.29 is 8.42 Å². The molecule has 5 heteroatoms. The monoisotopic (exact) mass is 366 g/mol. The first-order valence-corrected chi connectivity index (χ1v) is 9.99. The Morgan fingerprint density at radius 3 is 1.92 bits per heavy atom. The molecule has 0 radical (unpaired) electrons. The van der Waals surface area contributed by atoms with Crippen LogP contribution in [0.2, 0.25) is 0 Å². The Morgan fingerprint density at radius 2 is 1.31 bits per heavy atom. The molecule has 26 heavy (non-hydrogen) atoms. The summed E-state index contributed by atoms with van der Waals surface area (Å²) in [5, 5.41) is 3.18. The fraction of sp³-hybridized carbons (Fsp3) is 0.143. The van der Waals surface area contributed by atoms with E-state index in [4.69, 9.17) is 0 Å². The highest BCUT2D eigenvalue weighted by Gasteiger charge is 2.13. The summed E-state index contributed by atoms with van der Waals surface area (Å²) in [5.41, 5.74) is 4.23. The van der Waals surface area contributed by atoms with Gasteiger partial charge < -0.3 is 5.32 Å². The lowest BCUT2D eigenvalue weighted by atomic mass is 10.0. The lowest BCUT2D eigenvalue weighted by molar-refractivity contribution is 0.583. The second-order valence-corrected chi connectivity index (χ2v) is 7.85. The van der Waals surface area contributed by atoms with Crippen molar-refractivity contribution in [2.45, 2.75) is 11.8 Å². The van der Waals surface area contributed by atoms with Gasteiger partial charge in [0.25, 0.3) is 0 Å². The van der Waals surface area contributed by atoms with Crippen molar-refractivity contribution in [2.75, 3.05) is 18.4 Å². The number of hydrogen-bond donors (Lipinski definition) is 2. The van der Waals surface area contributed by atoms with Gasteiger partial charge in [0.2, 0.25) is 10.0 Å². The molecule has 2 N–H and O–H groups in total. The summed E-state index contributed by atoms with van der Waals surface area (Å²) in [6.07, 6.45) is 0. The van der Waals surface area contributed by atoms with Crippen LogP contribution in [0.15, 0.2) is 83.8 Å². The van der Waals surface area contributed by atoms with Gasteiger partial charge in [0.05, 0.1) is 4.90 Å². The van der Waals surface area contributed by atoms with Gasteiger partial charge in [0.15, 0.2) is 0 Å². The standard InChI is InChI=1S/C21H22N2O2S/c1-17-7-9-18(10-8-17)19-11-13-21(14-12-19)26(24,25)23-16-15-22-20-5-3-2-4-6-20/h2-14,22-23H,15-16H2,1H3. The van der Waals surface area contributed by atoms with Gasteiger partial charge in [-0.2, -0.15) is 0 Å². The summed E-state index contributed by atoms with van der Waals surface area (Å²) in [6, 6.07) is 24.8. The molecular weight excluding hydrogens is 344 g/mol. The van der Waals surface area contributed by atoms with Gasteiger partial charge >= 0.3 is 0 Å². The van der Waals surface area contributed by atoms with Crippen LogP contribution in [0.5, 0.6) is 0 Å². The lowest BCUT2D eigenvalue weighted by Crippen LogP contribution is -2.28. The zero-order valence-corrected chi connectivity index (χ0v) is 15.5. The first-order chi connectivity index (χ1) is 12.5. The fourth-order valence-electron chi connectivity index (χ4n) is 2.60. The number of para-hydroxylation sites is 1. The normalized spacial score (nSPS) is 11.3. The molecule has 0 aliphatic rings. The molecule has 3 aromatic rings. The number of rotatable bonds is 7. The molecular formula is C21H22N2O2S. The molecule has 0 aliphatic carbocycles. The van der Waals surface area contributed by atoms with E-state index in [-0.39, 0.29) is 4.90 Å². The Hall–Kier alpha value is -2.63. The highest BCUT2D eigenvalue weighted by molar-refractivity contribution is 7.89. The molecule has 0 aliphatic heterocycles. The minimum atomic E-state index is -3.51. The molecule has 0 unspecified atom stereocenters. The Balaban J connectivity index is 1.59. The largest absolute Gasteiger partial charge is 0.384 e. The fourth-order valence-corrected chi connectivity index (χ4v) is 3.64. The minimum absolute atomic E-state index is 0.271. The summed E-state index contributed by atoms with van der Waals surface area (Å²) >= 11 is 0. The van der Waals surface area contributed by atoms with Gasteiger partial charge in [-0.3, -0.25) is 0 Å². The molecule has 0 saturated carbocycles. The summed E-state index contributed by atoms with van der Waals surface area (Å²) in [5.74, 6) is 0. The van der Waals surface area contributed by atoms with Crippen molar-refractivity contribution in [2.24, 2.45) is 0 Å². The van der Waals surface area contributed by atoms with Crippen molar-refractivity contribution in [1.29, 1.82) is 0 Å². The number of sulfonamides is 1. The van der Waals surface area contributed by atoms with E-state index < -0.39 is 10.0 Å². The number of hydrogen-bond acceptors (Lipinski definition) is 3. The first-order valence-electron chi connectivity index (χ1n) is 8.50. The highest BCUT2D eigenvalue weighted by atomic mass is 32.2. The third-order valence-electron chi connectivity index (χ3n) is 4.07.